The van der Waals surface area contributed by atoms with Gasteiger partial charge < -0.3 is 21.1 Å². The molecule has 0 rings (SSSR count). The molecule has 4 N–H and O–H groups in total. The molecule has 8 heteroatoms. The van der Waals surface area contributed by atoms with Gasteiger partial charge in [-0.25, -0.2) is 0 Å². The lowest BCUT2D eigenvalue weighted by Gasteiger charge is -2.27. The molecule has 0 bridgehead atoms. The molecule has 1 unspecified atom stereocenters. The van der Waals surface area contributed by atoms with E-state index in [1.54, 1.807) is 6.92 Å². The van der Waals surface area contributed by atoms with E-state index >= 15 is 0 Å². The standard InChI is InChI=1S/C37H71N3O5/c1-5-8-10-12-14-16-18-20-22-24-28-38-33(41)27-26-32(40-34(42)30-37(4,7-3)31-35(43)44)36(45)39-29-25-23-21-19-17-15-13-11-9-6-2/h32H,5-31H2,1-4H3,(H,38,41)(H,39,45)(H,40,42)(H,43,44)/t32-,37?/m1/s1. The zero-order valence-corrected chi connectivity index (χ0v) is 29.7. The SMILES string of the molecule is CCCCCCCCCCCCNC(=O)CC[C@@H](NC(=O)CC(C)(CC)CC(=O)O)C(=O)NCCCCCCCCCCCC. The van der Waals surface area contributed by atoms with Crippen LogP contribution >= 0.6 is 0 Å². The molecule has 0 radical (unpaired) electrons. The van der Waals surface area contributed by atoms with Gasteiger partial charge in [0.1, 0.15) is 6.04 Å². The minimum Gasteiger partial charge on any atom is -0.481 e. The Hall–Kier alpha value is -2.12. The normalized spacial score (nSPS) is 13.2. The molecular formula is C37H71N3O5. The van der Waals surface area contributed by atoms with E-state index in [4.69, 9.17) is 0 Å². The van der Waals surface area contributed by atoms with Crippen LogP contribution in [0.25, 0.3) is 0 Å². The largest absolute Gasteiger partial charge is 0.481 e. The minimum atomic E-state index is -0.947. The Labute approximate surface area is 276 Å². The van der Waals surface area contributed by atoms with Crippen molar-refractivity contribution < 1.29 is 24.3 Å². The molecule has 0 aromatic heterocycles. The number of hydrogen-bond donors (Lipinski definition) is 4. The van der Waals surface area contributed by atoms with Crippen molar-refractivity contribution in [3.05, 3.63) is 0 Å². The molecule has 45 heavy (non-hydrogen) atoms. The van der Waals surface area contributed by atoms with E-state index in [0.717, 1.165) is 32.1 Å². The van der Waals surface area contributed by atoms with Crippen molar-refractivity contribution >= 4 is 23.7 Å². The zero-order chi connectivity index (χ0) is 33.6. The summed E-state index contributed by atoms with van der Waals surface area (Å²) in [6.07, 6.45) is 25.3. The van der Waals surface area contributed by atoms with E-state index in [1.807, 2.05) is 6.92 Å². The van der Waals surface area contributed by atoms with E-state index in [0.29, 0.717) is 19.5 Å². The fourth-order valence-corrected chi connectivity index (χ4v) is 5.73. The number of nitrogens with one attached hydrogen (secondary N) is 3. The Kier molecular flexibility index (Phi) is 27.9. The van der Waals surface area contributed by atoms with Gasteiger partial charge in [0, 0.05) is 25.9 Å². The van der Waals surface area contributed by atoms with Crippen molar-refractivity contribution in [1.82, 2.24) is 16.0 Å². The minimum absolute atomic E-state index is 0.0168. The molecule has 3 amide bonds. The first kappa shape index (κ1) is 42.9. The van der Waals surface area contributed by atoms with Crippen LogP contribution in [0.15, 0.2) is 0 Å². The summed E-state index contributed by atoms with van der Waals surface area (Å²) >= 11 is 0. The lowest BCUT2D eigenvalue weighted by Crippen LogP contribution is -2.48. The first-order chi connectivity index (χ1) is 21.7. The van der Waals surface area contributed by atoms with Crippen molar-refractivity contribution in [2.45, 2.75) is 194 Å². The summed E-state index contributed by atoms with van der Waals surface area (Å²) in [5.74, 6) is -1.70. The summed E-state index contributed by atoms with van der Waals surface area (Å²) in [5.41, 5.74) is -0.695. The summed E-state index contributed by atoms with van der Waals surface area (Å²) in [6.45, 7) is 9.28. The van der Waals surface area contributed by atoms with Crippen molar-refractivity contribution in [3.8, 4) is 0 Å². The molecule has 0 aromatic carbocycles. The van der Waals surface area contributed by atoms with Crippen molar-refractivity contribution in [3.63, 3.8) is 0 Å². The van der Waals surface area contributed by atoms with Gasteiger partial charge in [-0.1, -0.05) is 143 Å². The number of hydrogen-bond acceptors (Lipinski definition) is 4. The van der Waals surface area contributed by atoms with E-state index in [9.17, 15) is 24.3 Å². The fourth-order valence-electron chi connectivity index (χ4n) is 5.73. The lowest BCUT2D eigenvalue weighted by molar-refractivity contribution is -0.140. The van der Waals surface area contributed by atoms with Gasteiger partial charge in [-0.05, 0) is 31.1 Å². The molecule has 0 saturated carbocycles. The quantitative estimate of drug-likeness (QED) is 0.0550. The maximum atomic E-state index is 13.1. The van der Waals surface area contributed by atoms with Crippen LogP contribution in [-0.4, -0.2) is 47.9 Å². The molecule has 0 fully saturated rings. The molecular weight excluding hydrogens is 566 g/mol. The molecule has 0 aromatic rings. The van der Waals surface area contributed by atoms with Crippen LogP contribution in [0.2, 0.25) is 0 Å². The number of rotatable bonds is 32. The van der Waals surface area contributed by atoms with Crippen LogP contribution in [0.5, 0.6) is 0 Å². The highest BCUT2D eigenvalue weighted by molar-refractivity contribution is 5.88. The summed E-state index contributed by atoms with van der Waals surface area (Å²) in [6, 6.07) is -0.824. The third-order valence-electron chi connectivity index (χ3n) is 9.01. The van der Waals surface area contributed by atoms with Crippen LogP contribution < -0.4 is 16.0 Å². The summed E-state index contributed by atoms with van der Waals surface area (Å²) in [4.78, 5) is 49.9. The van der Waals surface area contributed by atoms with Gasteiger partial charge in [-0.15, -0.1) is 0 Å². The fraction of sp³-hybridized carbons (Fsp3) is 0.892. The predicted octanol–water partition coefficient (Wildman–Crippen LogP) is 8.61. The van der Waals surface area contributed by atoms with E-state index in [1.165, 1.54) is 96.3 Å². The lowest BCUT2D eigenvalue weighted by atomic mass is 9.80. The Morgan fingerprint density at radius 2 is 1.00 bits per heavy atom. The number of amides is 3. The van der Waals surface area contributed by atoms with Gasteiger partial charge in [0.15, 0.2) is 0 Å². The second-order valence-electron chi connectivity index (χ2n) is 13.6. The average Bonchev–Trinajstić information content (AvgIpc) is 3.00. The molecule has 0 aliphatic rings. The monoisotopic (exact) mass is 638 g/mol. The Balaban J connectivity index is 4.57. The van der Waals surface area contributed by atoms with E-state index in [-0.39, 0.29) is 43.4 Å². The second-order valence-corrected chi connectivity index (χ2v) is 13.6. The van der Waals surface area contributed by atoms with E-state index in [2.05, 4.69) is 29.8 Å². The molecule has 0 heterocycles. The average molecular weight is 638 g/mol. The predicted molar refractivity (Wildman–Crippen MR) is 186 cm³/mol. The third-order valence-corrected chi connectivity index (χ3v) is 9.01. The van der Waals surface area contributed by atoms with Crippen molar-refractivity contribution in [2.75, 3.05) is 13.1 Å². The van der Waals surface area contributed by atoms with Gasteiger partial charge in [-0.2, -0.15) is 0 Å². The van der Waals surface area contributed by atoms with Crippen molar-refractivity contribution in [1.29, 1.82) is 0 Å². The highest BCUT2D eigenvalue weighted by Crippen LogP contribution is 2.30. The number of carboxylic acids is 1. The first-order valence-electron chi connectivity index (χ1n) is 18.7. The Bertz CT molecular complexity index is 775. The van der Waals surface area contributed by atoms with Crippen LogP contribution in [0.3, 0.4) is 0 Å². The maximum Gasteiger partial charge on any atom is 0.303 e. The maximum absolute atomic E-state index is 13.1. The van der Waals surface area contributed by atoms with Gasteiger partial charge in [0.25, 0.3) is 0 Å². The smallest absolute Gasteiger partial charge is 0.303 e. The van der Waals surface area contributed by atoms with Gasteiger partial charge in [-0.3, -0.25) is 19.2 Å². The Morgan fingerprint density at radius 1 is 0.578 bits per heavy atom. The van der Waals surface area contributed by atoms with Crippen LogP contribution in [0, 0.1) is 5.41 Å². The van der Waals surface area contributed by atoms with Crippen molar-refractivity contribution in [2.24, 2.45) is 5.41 Å². The first-order valence-corrected chi connectivity index (χ1v) is 18.7. The highest BCUT2D eigenvalue weighted by atomic mass is 16.4. The zero-order valence-electron chi connectivity index (χ0n) is 29.7. The molecule has 0 spiro atoms. The Morgan fingerprint density at radius 3 is 1.42 bits per heavy atom. The molecule has 8 nitrogen and oxygen atoms in total. The van der Waals surface area contributed by atoms with Gasteiger partial charge in [0.05, 0.1) is 6.42 Å². The molecule has 2 atom stereocenters. The third kappa shape index (κ3) is 26.8. The van der Waals surface area contributed by atoms with Crippen LogP contribution in [0.4, 0.5) is 0 Å². The number of aliphatic carboxylic acids is 1. The van der Waals surface area contributed by atoms with Crippen LogP contribution in [0.1, 0.15) is 188 Å². The number of carbonyl (C=O) groups is 4. The second kappa shape index (κ2) is 29.3. The summed E-state index contributed by atoms with van der Waals surface area (Å²) in [5, 5.41) is 18.0. The van der Waals surface area contributed by atoms with Crippen LogP contribution in [-0.2, 0) is 19.2 Å². The van der Waals surface area contributed by atoms with E-state index < -0.39 is 17.4 Å². The number of carboxylic acid groups (broad SMARTS) is 1. The highest BCUT2D eigenvalue weighted by Gasteiger charge is 2.30. The topological polar surface area (TPSA) is 125 Å². The summed E-state index contributed by atoms with van der Waals surface area (Å²) < 4.78 is 0. The number of carbonyl (C=O) groups excluding carboxylic acids is 3. The molecule has 0 saturated heterocycles. The summed E-state index contributed by atoms with van der Waals surface area (Å²) in [7, 11) is 0. The van der Waals surface area contributed by atoms with Gasteiger partial charge >= 0.3 is 5.97 Å². The molecule has 264 valence electrons. The van der Waals surface area contributed by atoms with Gasteiger partial charge in [0.2, 0.25) is 17.7 Å². The molecule has 0 aliphatic carbocycles. The molecule has 0 aliphatic heterocycles. The number of unbranched alkanes of at least 4 members (excludes halogenated alkanes) is 18.